The third-order valence-corrected chi connectivity index (χ3v) is 5.84. The Bertz CT molecular complexity index is 608. The van der Waals surface area contributed by atoms with Crippen molar-refractivity contribution < 1.29 is 9.90 Å². The molecule has 1 aliphatic heterocycles. The number of likely N-dealkylation sites (tertiary alicyclic amines) is 1. The monoisotopic (exact) mass is 332 g/mol. The summed E-state index contributed by atoms with van der Waals surface area (Å²) in [6, 6.07) is 0.213. The van der Waals surface area contributed by atoms with Crippen molar-refractivity contribution in [2.24, 2.45) is 17.8 Å². The number of β-amino-alcohol motifs (C(OH)–C–C–N with tert-alkyl or cyclic N) is 1. The minimum atomic E-state index is -1.06. The van der Waals surface area contributed by atoms with E-state index in [1.807, 2.05) is 24.9 Å². The first kappa shape index (κ1) is 16.1. The van der Waals surface area contributed by atoms with Gasteiger partial charge in [-0.15, -0.1) is 5.10 Å². The van der Waals surface area contributed by atoms with Crippen LogP contribution in [0.15, 0.2) is 6.20 Å². The third-order valence-electron chi connectivity index (χ3n) is 5.84. The summed E-state index contributed by atoms with van der Waals surface area (Å²) < 4.78 is 1.77. The van der Waals surface area contributed by atoms with Crippen molar-refractivity contribution >= 4 is 5.91 Å². The van der Waals surface area contributed by atoms with Crippen LogP contribution in [0.4, 0.5) is 0 Å². The summed E-state index contributed by atoms with van der Waals surface area (Å²) in [5, 5.41) is 19.4. The van der Waals surface area contributed by atoms with E-state index in [1.54, 1.807) is 4.68 Å². The molecule has 1 N–H and O–H groups in total. The number of carbonyl (C=O) groups excluding carboxylic acids is 1. The highest BCUT2D eigenvalue weighted by Gasteiger charge is 2.49. The minimum absolute atomic E-state index is 0.207. The zero-order valence-corrected chi connectivity index (χ0v) is 14.7. The molecule has 1 amide bonds. The fraction of sp³-hybridized carbons (Fsp3) is 0.833. The van der Waals surface area contributed by atoms with Crippen LogP contribution in [-0.2, 0) is 10.4 Å². The summed E-state index contributed by atoms with van der Waals surface area (Å²) in [6.07, 6.45) is 8.10. The fourth-order valence-corrected chi connectivity index (χ4v) is 4.09. The molecule has 6 nitrogen and oxygen atoms in total. The molecule has 132 valence electrons. The van der Waals surface area contributed by atoms with Crippen molar-refractivity contribution in [3.8, 4) is 0 Å². The number of carbonyl (C=O) groups is 1. The number of piperidine rings is 1. The van der Waals surface area contributed by atoms with Gasteiger partial charge in [-0.05, 0) is 64.2 Å². The van der Waals surface area contributed by atoms with E-state index in [-0.39, 0.29) is 17.9 Å². The SMILES string of the molecule is CC(C)n1cc([C@]2(O)CCCN(C(=O)C(C3CC3)C3CC3)C2)nn1. The van der Waals surface area contributed by atoms with Gasteiger partial charge in [0.1, 0.15) is 11.3 Å². The van der Waals surface area contributed by atoms with Crippen LogP contribution in [-0.4, -0.2) is 44.0 Å². The van der Waals surface area contributed by atoms with Crippen LogP contribution in [0.5, 0.6) is 0 Å². The van der Waals surface area contributed by atoms with E-state index >= 15 is 0 Å². The second kappa shape index (κ2) is 5.83. The van der Waals surface area contributed by atoms with Gasteiger partial charge in [-0.25, -0.2) is 4.68 Å². The van der Waals surface area contributed by atoms with Gasteiger partial charge in [0, 0.05) is 18.5 Å². The molecule has 0 aromatic carbocycles. The number of nitrogens with zero attached hydrogens (tertiary/aromatic N) is 4. The normalized spacial score (nSPS) is 28.0. The first-order valence-corrected chi connectivity index (χ1v) is 9.41. The molecule has 0 spiro atoms. The highest BCUT2D eigenvalue weighted by atomic mass is 16.3. The Labute approximate surface area is 143 Å². The van der Waals surface area contributed by atoms with Gasteiger partial charge in [-0.3, -0.25) is 4.79 Å². The van der Waals surface area contributed by atoms with Gasteiger partial charge >= 0.3 is 0 Å². The highest BCUT2D eigenvalue weighted by molar-refractivity contribution is 5.80. The van der Waals surface area contributed by atoms with Crippen molar-refractivity contribution in [1.29, 1.82) is 0 Å². The van der Waals surface area contributed by atoms with Crippen molar-refractivity contribution in [3.63, 3.8) is 0 Å². The zero-order chi connectivity index (χ0) is 16.9. The molecule has 1 aromatic heterocycles. The molecular formula is C18H28N4O2. The van der Waals surface area contributed by atoms with Crippen molar-refractivity contribution in [3.05, 3.63) is 11.9 Å². The van der Waals surface area contributed by atoms with Crippen molar-refractivity contribution in [2.45, 2.75) is 64.0 Å². The van der Waals surface area contributed by atoms with Gasteiger partial charge in [-0.2, -0.15) is 0 Å². The van der Waals surface area contributed by atoms with Crippen LogP contribution in [0.1, 0.15) is 64.1 Å². The molecule has 0 radical (unpaired) electrons. The number of amides is 1. The van der Waals surface area contributed by atoms with Gasteiger partial charge in [0.15, 0.2) is 0 Å². The van der Waals surface area contributed by atoms with Gasteiger partial charge < -0.3 is 10.0 Å². The standard InChI is InChI=1S/C18H28N4O2/c1-12(2)22-10-15(19-20-22)18(24)8-3-9-21(11-18)17(23)16(13-4-5-13)14-6-7-14/h10,12-14,16,24H,3-9,11H2,1-2H3/t18-/m0/s1. The lowest BCUT2D eigenvalue weighted by atomic mass is 9.88. The topological polar surface area (TPSA) is 71.2 Å². The minimum Gasteiger partial charge on any atom is -0.382 e. The van der Waals surface area contributed by atoms with Crippen LogP contribution < -0.4 is 0 Å². The van der Waals surface area contributed by atoms with Gasteiger partial charge in [0.25, 0.3) is 0 Å². The third kappa shape index (κ3) is 2.96. The molecule has 6 heteroatoms. The summed E-state index contributed by atoms with van der Waals surface area (Å²) in [7, 11) is 0. The number of rotatable bonds is 5. The second-order valence-electron chi connectivity index (χ2n) is 8.27. The van der Waals surface area contributed by atoms with E-state index in [1.165, 1.54) is 25.7 Å². The Balaban J connectivity index is 1.50. The van der Waals surface area contributed by atoms with Gasteiger partial charge in [0.2, 0.25) is 5.91 Å². The summed E-state index contributed by atoms with van der Waals surface area (Å²) >= 11 is 0. The molecule has 2 heterocycles. The summed E-state index contributed by atoms with van der Waals surface area (Å²) in [6.45, 7) is 5.19. The molecule has 3 fully saturated rings. The smallest absolute Gasteiger partial charge is 0.226 e. The molecule has 2 aliphatic carbocycles. The lowest BCUT2D eigenvalue weighted by molar-refractivity contribution is -0.145. The summed E-state index contributed by atoms with van der Waals surface area (Å²) in [5.74, 6) is 1.68. The van der Waals surface area contributed by atoms with Crippen LogP contribution in [0.25, 0.3) is 0 Å². The van der Waals surface area contributed by atoms with Crippen molar-refractivity contribution in [1.82, 2.24) is 19.9 Å². The van der Waals surface area contributed by atoms with E-state index in [9.17, 15) is 9.90 Å². The predicted molar refractivity (Wildman–Crippen MR) is 89.1 cm³/mol. The average Bonchev–Trinajstić information content (AvgIpc) is 3.48. The maximum Gasteiger partial charge on any atom is 0.226 e. The van der Waals surface area contributed by atoms with Crippen LogP contribution >= 0.6 is 0 Å². The second-order valence-corrected chi connectivity index (χ2v) is 8.27. The lowest BCUT2D eigenvalue weighted by Gasteiger charge is -2.39. The largest absolute Gasteiger partial charge is 0.382 e. The maximum absolute atomic E-state index is 13.1. The predicted octanol–water partition coefficient (Wildman–Crippen LogP) is 2.11. The Morgan fingerprint density at radius 2 is 1.96 bits per heavy atom. The molecule has 2 saturated carbocycles. The van der Waals surface area contributed by atoms with E-state index < -0.39 is 5.60 Å². The molecule has 3 aliphatic rings. The Morgan fingerprint density at radius 3 is 2.50 bits per heavy atom. The van der Waals surface area contributed by atoms with E-state index in [0.29, 0.717) is 30.5 Å². The molecule has 1 saturated heterocycles. The highest BCUT2D eigenvalue weighted by Crippen LogP contribution is 2.50. The number of aliphatic hydroxyl groups is 1. The van der Waals surface area contributed by atoms with Crippen LogP contribution in [0, 0.1) is 17.8 Å². The Hall–Kier alpha value is -1.43. The van der Waals surface area contributed by atoms with Crippen LogP contribution in [0.2, 0.25) is 0 Å². The zero-order valence-electron chi connectivity index (χ0n) is 14.7. The molecule has 0 bridgehead atoms. The van der Waals surface area contributed by atoms with Gasteiger partial charge in [0.05, 0.1) is 12.7 Å². The van der Waals surface area contributed by atoms with Crippen molar-refractivity contribution in [2.75, 3.05) is 13.1 Å². The van der Waals surface area contributed by atoms with E-state index in [0.717, 1.165) is 13.0 Å². The van der Waals surface area contributed by atoms with Crippen LogP contribution in [0.3, 0.4) is 0 Å². The quantitative estimate of drug-likeness (QED) is 0.896. The fourth-order valence-electron chi connectivity index (χ4n) is 4.09. The molecule has 4 rings (SSSR count). The Kier molecular flexibility index (Phi) is 3.90. The van der Waals surface area contributed by atoms with E-state index in [2.05, 4.69) is 10.3 Å². The van der Waals surface area contributed by atoms with E-state index in [4.69, 9.17) is 0 Å². The maximum atomic E-state index is 13.1. The molecule has 24 heavy (non-hydrogen) atoms. The number of hydrogen-bond donors (Lipinski definition) is 1. The summed E-state index contributed by atoms with van der Waals surface area (Å²) in [4.78, 5) is 15.0. The number of hydrogen-bond acceptors (Lipinski definition) is 4. The Morgan fingerprint density at radius 1 is 1.29 bits per heavy atom. The molecule has 1 atom stereocenters. The lowest BCUT2D eigenvalue weighted by Crippen LogP contribution is -2.51. The number of aromatic nitrogens is 3. The first-order valence-electron chi connectivity index (χ1n) is 9.41. The average molecular weight is 332 g/mol. The molecule has 1 aromatic rings. The summed E-state index contributed by atoms with van der Waals surface area (Å²) in [5.41, 5.74) is -0.457. The molecule has 0 unspecified atom stereocenters. The van der Waals surface area contributed by atoms with Gasteiger partial charge in [-0.1, -0.05) is 5.21 Å². The first-order chi connectivity index (χ1) is 11.5. The molecular weight excluding hydrogens is 304 g/mol.